The van der Waals surface area contributed by atoms with Gasteiger partial charge in [0.2, 0.25) is 0 Å². The SMILES string of the molecule is CCCCc1c(C(C)c2ccc(C#N)cc2)[nH]c2ccc(Cl)c(F)c12.C\C=C(F)/C=N/C(C)=C/CC. The molecule has 2 aromatic carbocycles. The van der Waals surface area contributed by atoms with Crippen LogP contribution in [0.4, 0.5) is 8.78 Å². The number of nitriles is 1. The van der Waals surface area contributed by atoms with Crippen molar-refractivity contribution in [3.05, 3.63) is 93.3 Å². The number of aromatic amines is 1. The normalized spacial score (nSPS) is 13.0. The molecule has 0 spiro atoms. The molecule has 0 amide bonds. The molecule has 0 saturated carbocycles. The number of nitrogens with zero attached hydrogens (tertiary/aromatic N) is 2. The molecule has 1 N–H and O–H groups in total. The van der Waals surface area contributed by atoms with E-state index in [1.54, 1.807) is 13.0 Å². The van der Waals surface area contributed by atoms with Crippen LogP contribution in [0.15, 0.2) is 65.1 Å². The van der Waals surface area contributed by atoms with Crippen LogP contribution in [0.5, 0.6) is 0 Å². The monoisotopic (exact) mass is 509 g/mol. The Morgan fingerprint density at radius 1 is 1.19 bits per heavy atom. The number of unbranched alkanes of at least 4 members (excludes halogenated alkanes) is 1. The van der Waals surface area contributed by atoms with Gasteiger partial charge in [0.25, 0.3) is 0 Å². The molecule has 1 unspecified atom stereocenters. The van der Waals surface area contributed by atoms with E-state index in [-0.39, 0.29) is 22.6 Å². The van der Waals surface area contributed by atoms with Gasteiger partial charge in [0, 0.05) is 28.2 Å². The molecule has 3 rings (SSSR count). The lowest BCUT2D eigenvalue weighted by Crippen LogP contribution is -2.01. The zero-order valence-corrected chi connectivity index (χ0v) is 22.4. The van der Waals surface area contributed by atoms with Crippen LogP contribution in [0.2, 0.25) is 5.02 Å². The van der Waals surface area contributed by atoms with Gasteiger partial charge in [0.05, 0.1) is 22.9 Å². The first-order valence-electron chi connectivity index (χ1n) is 12.3. The Kier molecular flexibility index (Phi) is 11.6. The van der Waals surface area contributed by atoms with E-state index in [4.69, 9.17) is 16.9 Å². The van der Waals surface area contributed by atoms with Gasteiger partial charge in [-0.2, -0.15) is 5.26 Å². The number of nitrogens with one attached hydrogen (secondary N) is 1. The predicted octanol–water partition coefficient (Wildman–Crippen LogP) is 9.57. The van der Waals surface area contributed by atoms with Gasteiger partial charge in [-0.05, 0) is 68.5 Å². The zero-order chi connectivity index (χ0) is 26.7. The third-order valence-corrected chi connectivity index (χ3v) is 6.20. The molecule has 3 aromatic rings. The number of benzene rings is 2. The van der Waals surface area contributed by atoms with Crippen molar-refractivity contribution >= 4 is 28.7 Å². The van der Waals surface area contributed by atoms with Gasteiger partial charge in [0.15, 0.2) is 5.82 Å². The van der Waals surface area contributed by atoms with Crippen molar-refractivity contribution < 1.29 is 8.78 Å². The Morgan fingerprint density at radius 2 is 1.89 bits per heavy atom. The smallest absolute Gasteiger partial charge is 0.151 e. The van der Waals surface area contributed by atoms with Gasteiger partial charge >= 0.3 is 0 Å². The molecule has 1 heterocycles. The van der Waals surface area contributed by atoms with Crippen molar-refractivity contribution in [3.63, 3.8) is 0 Å². The topological polar surface area (TPSA) is 51.9 Å². The molecule has 0 aliphatic heterocycles. The molecule has 36 heavy (non-hydrogen) atoms. The Bertz CT molecular complexity index is 1280. The van der Waals surface area contributed by atoms with Gasteiger partial charge in [0.1, 0.15) is 5.83 Å². The maximum absolute atomic E-state index is 14.7. The molecule has 1 atom stereocenters. The van der Waals surface area contributed by atoms with Crippen molar-refractivity contribution in [2.75, 3.05) is 0 Å². The zero-order valence-electron chi connectivity index (χ0n) is 21.6. The van der Waals surface area contributed by atoms with Crippen molar-refractivity contribution in [2.24, 2.45) is 4.99 Å². The summed E-state index contributed by atoms with van der Waals surface area (Å²) in [5.74, 6) is -0.571. The lowest BCUT2D eigenvalue weighted by atomic mass is 9.92. The molecular weight excluding hydrogens is 476 g/mol. The van der Waals surface area contributed by atoms with Gasteiger partial charge in [-0.1, -0.05) is 63.1 Å². The number of aromatic nitrogens is 1. The minimum Gasteiger partial charge on any atom is -0.358 e. The number of allylic oxidation sites excluding steroid dienone is 4. The number of fused-ring (bicyclic) bond motifs is 1. The summed E-state index contributed by atoms with van der Waals surface area (Å²) in [4.78, 5) is 7.28. The average molecular weight is 510 g/mol. The molecule has 0 bridgehead atoms. The number of H-pyrrole nitrogens is 1. The maximum atomic E-state index is 14.7. The molecule has 0 saturated heterocycles. The second-order valence-corrected chi connectivity index (χ2v) is 8.95. The Labute approximate surface area is 218 Å². The fraction of sp³-hybridized carbons (Fsp3) is 0.333. The summed E-state index contributed by atoms with van der Waals surface area (Å²) in [5, 5.41) is 9.73. The van der Waals surface area contributed by atoms with E-state index in [2.05, 4.69) is 29.9 Å². The van der Waals surface area contributed by atoms with E-state index in [0.717, 1.165) is 53.7 Å². The number of hydrogen-bond donors (Lipinski definition) is 1. The largest absolute Gasteiger partial charge is 0.358 e. The molecule has 0 radical (unpaired) electrons. The fourth-order valence-corrected chi connectivity index (χ4v) is 4.04. The van der Waals surface area contributed by atoms with Crippen molar-refractivity contribution in [1.82, 2.24) is 4.98 Å². The van der Waals surface area contributed by atoms with E-state index in [1.807, 2.05) is 50.3 Å². The second-order valence-electron chi connectivity index (χ2n) is 8.55. The van der Waals surface area contributed by atoms with E-state index >= 15 is 0 Å². The van der Waals surface area contributed by atoms with Crippen LogP contribution < -0.4 is 0 Å². The van der Waals surface area contributed by atoms with E-state index in [0.29, 0.717) is 10.9 Å². The van der Waals surface area contributed by atoms with E-state index in [9.17, 15) is 8.78 Å². The lowest BCUT2D eigenvalue weighted by molar-refractivity contribution is 0.638. The van der Waals surface area contributed by atoms with Crippen molar-refractivity contribution in [1.29, 1.82) is 5.26 Å². The Hall–Kier alpha value is -3.23. The van der Waals surface area contributed by atoms with Crippen LogP contribution in [0.1, 0.15) is 82.2 Å². The summed E-state index contributed by atoms with van der Waals surface area (Å²) in [6.45, 7) is 9.73. The van der Waals surface area contributed by atoms with Crippen molar-refractivity contribution in [2.45, 2.75) is 66.2 Å². The fourth-order valence-electron chi connectivity index (χ4n) is 3.89. The van der Waals surface area contributed by atoms with Crippen LogP contribution in [0.3, 0.4) is 0 Å². The Balaban J connectivity index is 0.000000352. The van der Waals surface area contributed by atoms with Crippen LogP contribution in [0, 0.1) is 17.1 Å². The average Bonchev–Trinajstić information content (AvgIpc) is 3.27. The first-order valence-corrected chi connectivity index (χ1v) is 12.7. The van der Waals surface area contributed by atoms with Crippen LogP contribution in [-0.2, 0) is 6.42 Å². The highest BCUT2D eigenvalue weighted by atomic mass is 35.5. The number of aryl methyl sites for hydroxylation is 1. The number of halogens is 3. The highest BCUT2D eigenvalue weighted by Crippen LogP contribution is 2.36. The minimum absolute atomic E-state index is 0.0742. The molecule has 0 aliphatic rings. The van der Waals surface area contributed by atoms with Crippen molar-refractivity contribution in [3.8, 4) is 6.07 Å². The second kappa shape index (κ2) is 14.4. The van der Waals surface area contributed by atoms with E-state index in [1.165, 1.54) is 12.3 Å². The third kappa shape index (κ3) is 7.63. The summed E-state index contributed by atoms with van der Waals surface area (Å²) in [5.41, 5.74) is 5.39. The van der Waals surface area contributed by atoms with Gasteiger partial charge in [-0.25, -0.2) is 8.78 Å². The molecule has 6 heteroatoms. The Morgan fingerprint density at radius 3 is 2.47 bits per heavy atom. The predicted molar refractivity (Wildman–Crippen MR) is 148 cm³/mol. The summed E-state index contributed by atoms with van der Waals surface area (Å²) < 4.78 is 27.1. The van der Waals surface area contributed by atoms with Crippen LogP contribution in [0.25, 0.3) is 10.9 Å². The standard InChI is InChI=1S/C21H20ClFN2.C9H14FN/c1-3-4-5-16-19-18(11-10-17(22)20(19)23)25-21(16)13(2)15-8-6-14(12-24)7-9-15;1-4-6-8(3)11-7-9(10)5-2/h6-11,13,25H,3-5H2,1-2H3;5-7H,4H2,1-3H3/b;8-6+,9-5+,11-7+. The minimum atomic E-state index is -0.347. The van der Waals surface area contributed by atoms with E-state index < -0.39 is 0 Å². The molecule has 3 nitrogen and oxygen atoms in total. The van der Waals surface area contributed by atoms with Crippen LogP contribution in [-0.4, -0.2) is 11.2 Å². The van der Waals surface area contributed by atoms with Gasteiger partial charge < -0.3 is 4.98 Å². The van der Waals surface area contributed by atoms with Crippen LogP contribution >= 0.6 is 11.6 Å². The number of hydrogen-bond acceptors (Lipinski definition) is 2. The van der Waals surface area contributed by atoms with Gasteiger partial charge in [-0.15, -0.1) is 0 Å². The molecule has 1 aromatic heterocycles. The maximum Gasteiger partial charge on any atom is 0.151 e. The highest BCUT2D eigenvalue weighted by molar-refractivity contribution is 6.31. The molecule has 190 valence electrons. The summed E-state index contributed by atoms with van der Waals surface area (Å²) in [6.07, 6.45) is 8.32. The molecule has 0 aliphatic carbocycles. The van der Waals surface area contributed by atoms with Gasteiger partial charge in [-0.3, -0.25) is 4.99 Å². The molecular formula is C30H34ClF2N3. The number of rotatable bonds is 8. The quantitative estimate of drug-likeness (QED) is 0.302. The summed E-state index contributed by atoms with van der Waals surface area (Å²) >= 11 is 6.01. The lowest BCUT2D eigenvalue weighted by Gasteiger charge is -2.14. The third-order valence-electron chi connectivity index (χ3n) is 5.91. The first-order chi connectivity index (χ1) is 17.3. The summed E-state index contributed by atoms with van der Waals surface area (Å²) in [6, 6.07) is 13.1. The highest BCUT2D eigenvalue weighted by Gasteiger charge is 2.21. The summed E-state index contributed by atoms with van der Waals surface area (Å²) in [7, 11) is 0. The molecule has 0 fully saturated rings. The first kappa shape index (κ1) is 29.0. The number of aliphatic imine (C=N–C) groups is 1.